The van der Waals surface area contributed by atoms with Gasteiger partial charge in [0.25, 0.3) is 0 Å². The second-order valence-corrected chi connectivity index (χ2v) is 8.25. The molecule has 0 aliphatic heterocycles. The molecule has 0 atom stereocenters. The molecule has 3 aromatic rings. The lowest BCUT2D eigenvalue weighted by molar-refractivity contribution is 0.0525. The first-order valence-corrected chi connectivity index (χ1v) is 10.4. The molecule has 0 aromatic carbocycles. The average Bonchev–Trinajstić information content (AvgIpc) is 3.19. The van der Waals surface area contributed by atoms with Gasteiger partial charge in [-0.25, -0.2) is 14.8 Å². The molecule has 3 N–H and O–H groups in total. The minimum Gasteiger partial charge on any atom is -0.444 e. The van der Waals surface area contributed by atoms with Crippen molar-refractivity contribution in [1.29, 1.82) is 0 Å². The third kappa shape index (κ3) is 6.71. The number of anilines is 1. The predicted molar refractivity (Wildman–Crippen MR) is 127 cm³/mol. The van der Waals surface area contributed by atoms with E-state index in [1.54, 1.807) is 29.2 Å². The van der Waals surface area contributed by atoms with Crippen LogP contribution in [0.25, 0.3) is 22.4 Å². The van der Waals surface area contributed by atoms with Crippen LogP contribution in [0.1, 0.15) is 20.8 Å². The molecule has 3 heterocycles. The summed E-state index contributed by atoms with van der Waals surface area (Å²) in [5.41, 5.74) is 2.05. The van der Waals surface area contributed by atoms with Crippen LogP contribution in [0.2, 0.25) is 0 Å². The molecule has 0 bridgehead atoms. The Labute approximate surface area is 191 Å². The summed E-state index contributed by atoms with van der Waals surface area (Å²) in [5.74, 6) is 0.564. The Kier molecular flexibility index (Phi) is 7.31. The summed E-state index contributed by atoms with van der Waals surface area (Å²) in [6.07, 6.45) is 6.46. The van der Waals surface area contributed by atoms with Crippen molar-refractivity contribution in [2.75, 3.05) is 18.4 Å². The average molecular weight is 455 g/mol. The van der Waals surface area contributed by atoms with Crippen LogP contribution < -0.4 is 16.0 Å². The number of nitrogens with zero attached hydrogens (tertiary/aromatic N) is 5. The van der Waals surface area contributed by atoms with Crippen molar-refractivity contribution in [3.63, 3.8) is 0 Å². The van der Waals surface area contributed by atoms with Gasteiger partial charge in [-0.15, -0.1) is 6.58 Å². The fraction of sp³-hybridized carbons (Fsp3) is 0.333. The number of fused-ring (bicyclic) bond motifs is 1. The Morgan fingerprint density at radius 3 is 2.81 bits per heavy atom. The van der Waals surface area contributed by atoms with Crippen LogP contribution in [0.15, 0.2) is 43.4 Å². The number of hydrogen-bond acceptors (Lipinski definition) is 7. The Balaban J connectivity index is 1.65. The van der Waals surface area contributed by atoms with E-state index in [-0.39, 0.29) is 0 Å². The highest BCUT2D eigenvalue weighted by Crippen LogP contribution is 2.19. The molecule has 10 nitrogen and oxygen atoms in total. The van der Waals surface area contributed by atoms with Gasteiger partial charge >= 0.3 is 6.09 Å². The molecule has 11 heteroatoms. The van der Waals surface area contributed by atoms with Gasteiger partial charge in [-0.1, -0.05) is 6.08 Å². The van der Waals surface area contributed by atoms with Gasteiger partial charge in [-0.05, 0) is 45.1 Å². The van der Waals surface area contributed by atoms with Crippen LogP contribution in [-0.4, -0.2) is 54.6 Å². The van der Waals surface area contributed by atoms with Crippen LogP contribution in [-0.2, 0) is 11.3 Å². The largest absolute Gasteiger partial charge is 0.444 e. The number of carbonyl (C=O) groups is 1. The summed E-state index contributed by atoms with van der Waals surface area (Å²) in [6, 6.07) is 3.61. The van der Waals surface area contributed by atoms with Crippen molar-refractivity contribution in [2.24, 2.45) is 0 Å². The summed E-state index contributed by atoms with van der Waals surface area (Å²) < 4.78 is 6.93. The van der Waals surface area contributed by atoms with E-state index in [1.165, 1.54) is 0 Å². The van der Waals surface area contributed by atoms with Crippen LogP contribution in [0.3, 0.4) is 0 Å². The number of thiocarbonyl (C=S) groups is 1. The fourth-order valence-electron chi connectivity index (χ4n) is 2.64. The topological polar surface area (TPSA) is 119 Å². The first-order chi connectivity index (χ1) is 15.2. The van der Waals surface area contributed by atoms with Crippen molar-refractivity contribution >= 4 is 40.4 Å². The number of carbonyl (C=O) groups excluding carboxylic acids is 1. The Morgan fingerprint density at radius 1 is 1.25 bits per heavy atom. The quantitative estimate of drug-likeness (QED) is 0.366. The number of alkyl carbamates (subject to hydrolysis) is 1. The first-order valence-electron chi connectivity index (χ1n) is 10.0. The summed E-state index contributed by atoms with van der Waals surface area (Å²) in [5, 5.41) is 13.5. The molecule has 0 fully saturated rings. The van der Waals surface area contributed by atoms with Gasteiger partial charge in [0.1, 0.15) is 16.9 Å². The minimum absolute atomic E-state index is 0.385. The number of amides is 1. The smallest absolute Gasteiger partial charge is 0.407 e. The molecule has 1 amide bonds. The number of rotatable bonds is 7. The molecule has 0 aliphatic rings. The van der Waals surface area contributed by atoms with Crippen molar-refractivity contribution in [1.82, 2.24) is 35.4 Å². The predicted octanol–water partition coefficient (Wildman–Crippen LogP) is 2.89. The van der Waals surface area contributed by atoms with Crippen molar-refractivity contribution in [2.45, 2.75) is 32.9 Å². The zero-order chi connectivity index (χ0) is 23.1. The van der Waals surface area contributed by atoms with Gasteiger partial charge in [-0.3, -0.25) is 9.67 Å². The molecule has 0 radical (unpaired) electrons. The monoisotopic (exact) mass is 454 g/mol. The molecular weight excluding hydrogens is 428 g/mol. The fourth-order valence-corrected chi connectivity index (χ4v) is 2.82. The maximum atomic E-state index is 11.7. The lowest BCUT2D eigenvalue weighted by Crippen LogP contribution is -2.34. The number of nitrogens with one attached hydrogen (secondary N) is 3. The zero-order valence-corrected chi connectivity index (χ0v) is 19.1. The van der Waals surface area contributed by atoms with Crippen molar-refractivity contribution in [3.8, 4) is 11.3 Å². The molecule has 168 valence electrons. The maximum Gasteiger partial charge on any atom is 0.407 e. The van der Waals surface area contributed by atoms with Crippen molar-refractivity contribution in [3.05, 3.63) is 43.4 Å². The molecule has 32 heavy (non-hydrogen) atoms. The number of ether oxygens (including phenoxy) is 1. The van der Waals surface area contributed by atoms with Gasteiger partial charge in [0.2, 0.25) is 0 Å². The Morgan fingerprint density at radius 2 is 2.06 bits per heavy atom. The van der Waals surface area contributed by atoms with Gasteiger partial charge in [0.05, 0.1) is 24.6 Å². The van der Waals surface area contributed by atoms with Gasteiger partial charge in [-0.2, -0.15) is 5.10 Å². The SMILES string of the molecule is C=CCNC(=S)Nc1ccc2ncc(-c3cnn(CCNC(=O)OC(C)(C)C)c3)nc2n1. The van der Waals surface area contributed by atoms with E-state index in [4.69, 9.17) is 17.0 Å². The van der Waals surface area contributed by atoms with E-state index in [2.05, 4.69) is 42.6 Å². The molecule has 0 saturated carbocycles. The van der Waals surface area contributed by atoms with E-state index in [0.717, 1.165) is 5.56 Å². The van der Waals surface area contributed by atoms with E-state index in [0.29, 0.717) is 47.4 Å². The Bertz CT molecular complexity index is 1120. The van der Waals surface area contributed by atoms with Crippen LogP contribution in [0, 0.1) is 0 Å². The van der Waals surface area contributed by atoms with Crippen molar-refractivity contribution < 1.29 is 9.53 Å². The maximum absolute atomic E-state index is 11.7. The third-order valence-electron chi connectivity index (χ3n) is 3.99. The Hall–Kier alpha value is -3.60. The highest BCUT2D eigenvalue weighted by molar-refractivity contribution is 7.80. The second-order valence-electron chi connectivity index (χ2n) is 7.84. The molecule has 3 rings (SSSR count). The lowest BCUT2D eigenvalue weighted by atomic mass is 10.2. The molecular formula is C21H26N8O2S. The van der Waals surface area contributed by atoms with Gasteiger partial charge in [0, 0.05) is 24.8 Å². The second kappa shape index (κ2) is 10.1. The zero-order valence-electron chi connectivity index (χ0n) is 18.3. The van der Waals surface area contributed by atoms with E-state index in [1.807, 2.05) is 33.0 Å². The number of pyridine rings is 1. The highest BCUT2D eigenvalue weighted by Gasteiger charge is 2.15. The third-order valence-corrected chi connectivity index (χ3v) is 4.24. The number of aromatic nitrogens is 5. The van der Waals surface area contributed by atoms with Crippen LogP contribution >= 0.6 is 12.2 Å². The lowest BCUT2D eigenvalue weighted by Gasteiger charge is -2.19. The summed E-state index contributed by atoms with van der Waals surface area (Å²) in [7, 11) is 0. The van der Waals surface area contributed by atoms with E-state index in [9.17, 15) is 4.79 Å². The molecule has 0 spiro atoms. The standard InChI is InChI=1S/C21H26N8O2S/c1-5-8-22-19(32)28-17-7-6-15-18(27-17)26-16(12-24-15)14-11-25-29(13-14)10-9-23-20(30)31-21(2,3)4/h5-7,11-13H,1,8-10H2,2-4H3,(H,23,30)(H2,22,26,27,28,32). The van der Waals surface area contributed by atoms with Crippen LogP contribution in [0.5, 0.6) is 0 Å². The summed E-state index contributed by atoms with van der Waals surface area (Å²) in [4.78, 5) is 25.3. The first kappa shape index (κ1) is 23.1. The molecule has 0 aliphatic carbocycles. The van der Waals surface area contributed by atoms with Gasteiger partial charge in [0.15, 0.2) is 10.8 Å². The molecule has 3 aromatic heterocycles. The summed E-state index contributed by atoms with van der Waals surface area (Å²) >= 11 is 5.21. The van der Waals surface area contributed by atoms with E-state index < -0.39 is 11.7 Å². The minimum atomic E-state index is -0.534. The number of hydrogen-bond donors (Lipinski definition) is 3. The summed E-state index contributed by atoms with van der Waals surface area (Å²) in [6.45, 7) is 10.5. The van der Waals surface area contributed by atoms with E-state index >= 15 is 0 Å². The molecule has 0 unspecified atom stereocenters. The van der Waals surface area contributed by atoms with Crippen LogP contribution in [0.4, 0.5) is 10.6 Å². The molecule has 0 saturated heterocycles. The normalized spacial score (nSPS) is 11.1. The van der Waals surface area contributed by atoms with Gasteiger partial charge < -0.3 is 20.7 Å². The highest BCUT2D eigenvalue weighted by atomic mass is 32.1.